The van der Waals surface area contributed by atoms with Crippen molar-refractivity contribution >= 4 is 0 Å². The van der Waals surface area contributed by atoms with Crippen molar-refractivity contribution in [2.45, 2.75) is 12.7 Å². The maximum atomic E-state index is 12.3. The third kappa shape index (κ3) is 2.35. The molecule has 0 saturated heterocycles. The molecule has 0 fully saturated rings. The summed E-state index contributed by atoms with van der Waals surface area (Å²) >= 11 is 0. The van der Waals surface area contributed by atoms with E-state index < -0.39 is 11.9 Å². The van der Waals surface area contributed by atoms with Crippen LogP contribution in [-0.2, 0) is 12.7 Å². The fourth-order valence-electron chi connectivity index (χ4n) is 0.927. The van der Waals surface area contributed by atoms with E-state index in [1.54, 1.807) is 0 Å². The number of ether oxygens (including phenoxy) is 1. The summed E-state index contributed by atoms with van der Waals surface area (Å²) in [4.78, 5) is 3.27. The highest BCUT2D eigenvalue weighted by Crippen LogP contribution is 2.29. The van der Waals surface area contributed by atoms with Crippen molar-refractivity contribution in [3.63, 3.8) is 0 Å². The van der Waals surface area contributed by atoms with Gasteiger partial charge in [-0.15, -0.1) is 0 Å². The largest absolute Gasteiger partial charge is 0.481 e. The zero-order chi connectivity index (χ0) is 10.8. The second kappa shape index (κ2) is 3.83. The molecular weight excluding hydrogens is 197 g/mol. The molecule has 1 aromatic rings. The van der Waals surface area contributed by atoms with Crippen LogP contribution in [0.5, 0.6) is 5.88 Å². The molecule has 0 radical (unpaired) electrons. The summed E-state index contributed by atoms with van der Waals surface area (Å²) in [5.74, 6) is -0.0831. The van der Waals surface area contributed by atoms with Gasteiger partial charge in [0.2, 0.25) is 5.88 Å². The third-order valence-electron chi connectivity index (χ3n) is 1.60. The van der Waals surface area contributed by atoms with Crippen LogP contribution in [0.3, 0.4) is 0 Å². The Labute approximate surface area is 78.7 Å². The summed E-state index contributed by atoms with van der Waals surface area (Å²) in [6.07, 6.45) is -4.47. The molecule has 2 N–H and O–H groups in total. The molecule has 6 heteroatoms. The van der Waals surface area contributed by atoms with Crippen molar-refractivity contribution in [3.8, 4) is 5.88 Å². The monoisotopic (exact) mass is 206 g/mol. The molecule has 0 aliphatic rings. The molecule has 78 valence electrons. The fourth-order valence-corrected chi connectivity index (χ4v) is 0.927. The van der Waals surface area contributed by atoms with E-state index in [1.165, 1.54) is 13.2 Å². The van der Waals surface area contributed by atoms with Gasteiger partial charge < -0.3 is 10.5 Å². The summed E-state index contributed by atoms with van der Waals surface area (Å²) < 4.78 is 41.4. The van der Waals surface area contributed by atoms with Crippen LogP contribution in [0.1, 0.15) is 11.3 Å². The molecule has 14 heavy (non-hydrogen) atoms. The minimum Gasteiger partial charge on any atom is -0.481 e. The SMILES string of the molecule is COc1cc(CN)cc(C(F)(F)F)n1. The number of hydrogen-bond donors (Lipinski definition) is 1. The molecule has 0 aliphatic carbocycles. The van der Waals surface area contributed by atoms with Crippen molar-refractivity contribution in [3.05, 3.63) is 23.4 Å². The normalized spacial score (nSPS) is 11.5. The molecule has 0 bridgehead atoms. The maximum Gasteiger partial charge on any atom is 0.433 e. The molecular formula is C8H9F3N2O. The van der Waals surface area contributed by atoms with Gasteiger partial charge in [0.15, 0.2) is 0 Å². The first kappa shape index (κ1) is 10.8. The lowest BCUT2D eigenvalue weighted by Gasteiger charge is -2.09. The Morgan fingerprint density at radius 2 is 2.07 bits per heavy atom. The molecule has 3 nitrogen and oxygen atoms in total. The molecule has 0 spiro atoms. The van der Waals surface area contributed by atoms with Crippen LogP contribution in [0, 0.1) is 0 Å². The highest BCUT2D eigenvalue weighted by Gasteiger charge is 2.33. The van der Waals surface area contributed by atoms with Crippen LogP contribution in [0.4, 0.5) is 13.2 Å². The Kier molecular flexibility index (Phi) is 2.95. The number of pyridine rings is 1. The predicted molar refractivity (Wildman–Crippen MR) is 43.7 cm³/mol. The fraction of sp³-hybridized carbons (Fsp3) is 0.375. The molecule has 1 heterocycles. The standard InChI is InChI=1S/C8H9F3N2O/c1-14-7-3-5(4-12)2-6(13-7)8(9,10)11/h2-3H,4,12H2,1H3. The van der Waals surface area contributed by atoms with E-state index in [4.69, 9.17) is 5.73 Å². The molecule has 0 unspecified atom stereocenters. The van der Waals surface area contributed by atoms with Crippen molar-refractivity contribution in [2.75, 3.05) is 7.11 Å². The van der Waals surface area contributed by atoms with E-state index in [1.807, 2.05) is 0 Å². The summed E-state index contributed by atoms with van der Waals surface area (Å²) in [6.45, 7) is 0.0158. The Bertz CT molecular complexity index is 303. The van der Waals surface area contributed by atoms with E-state index in [0.717, 1.165) is 6.07 Å². The molecule has 0 aliphatic heterocycles. The number of aromatic nitrogens is 1. The van der Waals surface area contributed by atoms with Gasteiger partial charge in [0.05, 0.1) is 7.11 Å². The summed E-state index contributed by atoms with van der Waals surface area (Å²) in [5.41, 5.74) is 4.58. The first-order valence-corrected chi connectivity index (χ1v) is 3.79. The van der Waals surface area contributed by atoms with E-state index in [2.05, 4.69) is 9.72 Å². The van der Waals surface area contributed by atoms with Crippen LogP contribution in [0.2, 0.25) is 0 Å². The molecule has 1 rings (SSSR count). The first-order chi connectivity index (χ1) is 6.47. The number of halogens is 3. The number of hydrogen-bond acceptors (Lipinski definition) is 3. The quantitative estimate of drug-likeness (QED) is 0.798. The van der Waals surface area contributed by atoms with E-state index in [-0.39, 0.29) is 12.4 Å². The number of alkyl halides is 3. The molecule has 1 aromatic heterocycles. The average Bonchev–Trinajstić information content (AvgIpc) is 2.15. The van der Waals surface area contributed by atoms with E-state index in [9.17, 15) is 13.2 Å². The van der Waals surface area contributed by atoms with Crippen LogP contribution in [0.25, 0.3) is 0 Å². The molecule has 0 aromatic carbocycles. The van der Waals surface area contributed by atoms with Crippen molar-refractivity contribution in [2.24, 2.45) is 5.73 Å². The highest BCUT2D eigenvalue weighted by atomic mass is 19.4. The van der Waals surface area contributed by atoms with E-state index >= 15 is 0 Å². The van der Waals surface area contributed by atoms with Gasteiger partial charge in [-0.1, -0.05) is 0 Å². The van der Waals surface area contributed by atoms with Crippen molar-refractivity contribution in [1.82, 2.24) is 4.98 Å². The second-order valence-corrected chi connectivity index (χ2v) is 2.60. The zero-order valence-electron chi connectivity index (χ0n) is 7.43. The van der Waals surface area contributed by atoms with Gasteiger partial charge >= 0.3 is 6.18 Å². The molecule has 0 saturated carbocycles. The van der Waals surface area contributed by atoms with Gasteiger partial charge in [-0.3, -0.25) is 0 Å². The third-order valence-corrected chi connectivity index (χ3v) is 1.60. The molecule has 0 amide bonds. The smallest absolute Gasteiger partial charge is 0.433 e. The second-order valence-electron chi connectivity index (χ2n) is 2.60. The van der Waals surface area contributed by atoms with Crippen LogP contribution >= 0.6 is 0 Å². The van der Waals surface area contributed by atoms with Gasteiger partial charge in [-0.05, 0) is 11.6 Å². The Hall–Kier alpha value is -1.30. The summed E-state index contributed by atoms with van der Waals surface area (Å²) in [7, 11) is 1.25. The van der Waals surface area contributed by atoms with Crippen molar-refractivity contribution in [1.29, 1.82) is 0 Å². The van der Waals surface area contributed by atoms with Gasteiger partial charge in [-0.25, -0.2) is 4.98 Å². The van der Waals surface area contributed by atoms with Gasteiger partial charge in [0.1, 0.15) is 5.69 Å². The van der Waals surface area contributed by atoms with E-state index in [0.29, 0.717) is 5.56 Å². The number of nitrogens with zero attached hydrogens (tertiary/aromatic N) is 1. The predicted octanol–water partition coefficient (Wildman–Crippen LogP) is 1.57. The van der Waals surface area contributed by atoms with Crippen LogP contribution in [-0.4, -0.2) is 12.1 Å². The number of rotatable bonds is 2. The Morgan fingerprint density at radius 3 is 2.50 bits per heavy atom. The van der Waals surface area contributed by atoms with Gasteiger partial charge in [0, 0.05) is 12.6 Å². The lowest BCUT2D eigenvalue weighted by molar-refractivity contribution is -0.141. The van der Waals surface area contributed by atoms with Crippen LogP contribution < -0.4 is 10.5 Å². The molecule has 0 atom stereocenters. The topological polar surface area (TPSA) is 48.1 Å². The minimum atomic E-state index is -4.47. The Morgan fingerprint density at radius 1 is 1.43 bits per heavy atom. The van der Waals surface area contributed by atoms with Crippen molar-refractivity contribution < 1.29 is 17.9 Å². The zero-order valence-corrected chi connectivity index (χ0v) is 7.43. The highest BCUT2D eigenvalue weighted by molar-refractivity contribution is 5.26. The lowest BCUT2D eigenvalue weighted by Crippen LogP contribution is -2.10. The maximum absolute atomic E-state index is 12.3. The van der Waals surface area contributed by atoms with Gasteiger partial charge in [-0.2, -0.15) is 13.2 Å². The minimum absolute atomic E-state index is 0.0158. The summed E-state index contributed by atoms with van der Waals surface area (Å²) in [5, 5.41) is 0. The lowest BCUT2D eigenvalue weighted by atomic mass is 10.2. The number of nitrogens with two attached hydrogens (primary N) is 1. The number of methoxy groups -OCH3 is 1. The van der Waals surface area contributed by atoms with Gasteiger partial charge in [0.25, 0.3) is 0 Å². The van der Waals surface area contributed by atoms with Crippen LogP contribution in [0.15, 0.2) is 12.1 Å². The average molecular weight is 206 g/mol. The Balaban J connectivity index is 3.17. The first-order valence-electron chi connectivity index (χ1n) is 3.79. The summed E-state index contributed by atoms with van der Waals surface area (Å²) in [6, 6.07) is 2.28.